The minimum atomic E-state index is -1.81. The van der Waals surface area contributed by atoms with Gasteiger partial charge >= 0.3 is 17.9 Å². The molecular formula is C47H80N12O14. The molecule has 16 N–H and O–H groups in total. The molecule has 0 aliphatic carbocycles. The molecule has 73 heavy (non-hydrogen) atoms. The van der Waals surface area contributed by atoms with Crippen LogP contribution >= 0.6 is 0 Å². The number of amides is 8. The van der Waals surface area contributed by atoms with E-state index in [9.17, 15) is 68.1 Å². The molecule has 10 atom stereocenters. The summed E-state index contributed by atoms with van der Waals surface area (Å²) < 4.78 is 0. The molecular weight excluding hydrogens is 957 g/mol. The maximum absolute atomic E-state index is 14.2. The van der Waals surface area contributed by atoms with Gasteiger partial charge in [0, 0.05) is 24.7 Å². The number of aromatic nitrogens is 2. The molecule has 0 aliphatic heterocycles. The first-order chi connectivity index (χ1) is 34.1. The van der Waals surface area contributed by atoms with Crippen LogP contribution in [0.25, 0.3) is 0 Å². The van der Waals surface area contributed by atoms with Gasteiger partial charge in [0.05, 0.1) is 18.8 Å². The minimum absolute atomic E-state index is 0.0203. The number of rotatable bonds is 35. The molecule has 0 radical (unpaired) electrons. The Morgan fingerprint density at radius 1 is 0.562 bits per heavy atom. The second-order valence-corrected chi connectivity index (χ2v) is 19.5. The summed E-state index contributed by atoms with van der Waals surface area (Å²) in [6, 6.07) is -12.5. The number of hydrogen-bond donors (Lipinski definition) is 14. The van der Waals surface area contributed by atoms with E-state index in [0.29, 0.717) is 18.5 Å². The number of nitrogens with zero attached hydrogens (tertiary/aromatic N) is 1. The monoisotopic (exact) mass is 1040 g/mol. The standard InChI is InChI=1S/C47H80N12O14/c1-10-26(8)38(46(71)53-30(14-15-35(60)61)41(66)52-29(13-11-12-16-48)40(65)57-34(47(72)73)18-24(4)5)59-43(68)31(17-23(2)3)55-42(67)33(20-36(62)63)56-45(70)37(25(6)7)58-44(69)32(54-39(64)27(9)49)19-28-21-50-22-51-28/h21-27,29-34,37-38H,10-20,48-49H2,1-9H3,(H,50,51)(H,52,66)(H,53,71)(H,54,64)(H,55,67)(H,56,70)(H,57,65)(H,58,69)(H,59,68)(H,60,61)(H,62,63)(H,72,73)/t26-,27-,29-,30-,31-,32-,33-,34-,37-,38-/m0/s1. The molecule has 0 aromatic carbocycles. The van der Waals surface area contributed by atoms with Crippen LogP contribution < -0.4 is 54.0 Å². The van der Waals surface area contributed by atoms with Crippen molar-refractivity contribution in [3.63, 3.8) is 0 Å². The number of carboxylic acids is 3. The van der Waals surface area contributed by atoms with Crippen molar-refractivity contribution in [1.82, 2.24) is 52.5 Å². The Hall–Kier alpha value is -6.70. The fraction of sp³-hybridized carbons (Fsp3) is 0.702. The van der Waals surface area contributed by atoms with Crippen molar-refractivity contribution in [2.24, 2.45) is 35.1 Å². The van der Waals surface area contributed by atoms with Crippen LogP contribution in [0.3, 0.4) is 0 Å². The summed E-state index contributed by atoms with van der Waals surface area (Å²) in [5.41, 5.74) is 11.8. The zero-order valence-electron chi connectivity index (χ0n) is 43.4. The predicted octanol–water partition coefficient (Wildman–Crippen LogP) is -1.47. The lowest BCUT2D eigenvalue weighted by Gasteiger charge is -2.30. The highest BCUT2D eigenvalue weighted by Crippen LogP contribution is 2.14. The van der Waals surface area contributed by atoms with Crippen LogP contribution in [-0.4, -0.2) is 151 Å². The minimum Gasteiger partial charge on any atom is -0.481 e. The lowest BCUT2D eigenvalue weighted by atomic mass is 9.96. The fourth-order valence-electron chi connectivity index (χ4n) is 7.29. The van der Waals surface area contributed by atoms with Crippen LogP contribution in [0.5, 0.6) is 0 Å². The van der Waals surface area contributed by atoms with Gasteiger partial charge in [-0.15, -0.1) is 0 Å². The number of nitrogens with two attached hydrogens (primary N) is 2. The van der Waals surface area contributed by atoms with E-state index in [1.807, 2.05) is 0 Å². The molecule has 0 aliphatic rings. The molecule has 0 spiro atoms. The van der Waals surface area contributed by atoms with E-state index >= 15 is 0 Å². The average Bonchev–Trinajstić information content (AvgIpc) is 3.81. The molecule has 8 amide bonds. The lowest BCUT2D eigenvalue weighted by Crippen LogP contribution is -2.62. The molecule has 26 nitrogen and oxygen atoms in total. The summed E-state index contributed by atoms with van der Waals surface area (Å²) in [6.45, 7) is 15.1. The van der Waals surface area contributed by atoms with E-state index in [0.717, 1.165) is 0 Å². The van der Waals surface area contributed by atoms with Crippen molar-refractivity contribution in [1.29, 1.82) is 0 Å². The number of aromatic amines is 1. The quantitative estimate of drug-likeness (QED) is 0.0345. The first-order valence-electron chi connectivity index (χ1n) is 24.6. The summed E-state index contributed by atoms with van der Waals surface area (Å²) in [5.74, 6) is -13.0. The molecule has 0 fully saturated rings. The number of imidazole rings is 1. The normalized spacial score (nSPS) is 15.4. The Morgan fingerprint density at radius 3 is 1.52 bits per heavy atom. The van der Waals surface area contributed by atoms with Crippen LogP contribution in [0.4, 0.5) is 0 Å². The van der Waals surface area contributed by atoms with Crippen molar-refractivity contribution >= 4 is 65.2 Å². The van der Waals surface area contributed by atoms with Crippen molar-refractivity contribution in [2.75, 3.05) is 6.54 Å². The predicted molar refractivity (Wildman–Crippen MR) is 264 cm³/mol. The van der Waals surface area contributed by atoms with Gasteiger partial charge in [0.25, 0.3) is 0 Å². The smallest absolute Gasteiger partial charge is 0.326 e. The zero-order chi connectivity index (χ0) is 55.7. The van der Waals surface area contributed by atoms with E-state index in [4.69, 9.17) is 11.5 Å². The number of hydrogen-bond acceptors (Lipinski definition) is 14. The van der Waals surface area contributed by atoms with E-state index in [-0.39, 0.29) is 50.5 Å². The van der Waals surface area contributed by atoms with Gasteiger partial charge in [0.1, 0.15) is 48.3 Å². The average molecular weight is 1040 g/mol. The SMILES string of the molecule is CC[C@H](C)[C@H](NC(=O)[C@H](CC(C)C)NC(=O)[C@H](CC(=O)O)NC(=O)[C@@H](NC(=O)[C@H](Cc1cnc[nH]1)NC(=O)[C@H](C)N)C(C)C)C(=O)N[C@@H](CCC(=O)O)C(=O)N[C@@H](CCCCN)C(=O)N[C@@H](CC(C)C)C(=O)O. The number of nitrogens with one attached hydrogen (secondary N) is 9. The Balaban J connectivity index is 3.47. The van der Waals surface area contributed by atoms with Gasteiger partial charge in [-0.1, -0.05) is 61.8 Å². The molecule has 0 saturated carbocycles. The third-order valence-electron chi connectivity index (χ3n) is 11.6. The molecule has 1 aromatic rings. The van der Waals surface area contributed by atoms with Crippen LogP contribution in [0.15, 0.2) is 12.5 Å². The number of carboxylic acid groups (broad SMARTS) is 3. The summed E-state index contributed by atoms with van der Waals surface area (Å²) in [5, 5.41) is 49.1. The van der Waals surface area contributed by atoms with Gasteiger partial charge in [-0.2, -0.15) is 0 Å². The first kappa shape index (κ1) is 64.3. The van der Waals surface area contributed by atoms with Gasteiger partial charge in [-0.05, 0) is 75.7 Å². The largest absolute Gasteiger partial charge is 0.481 e. The molecule has 412 valence electrons. The molecule has 0 saturated heterocycles. The Bertz CT molecular complexity index is 2020. The number of H-pyrrole nitrogens is 1. The highest BCUT2D eigenvalue weighted by molar-refractivity contribution is 5.99. The second kappa shape index (κ2) is 32.4. The van der Waals surface area contributed by atoms with Gasteiger partial charge in [-0.3, -0.25) is 47.9 Å². The Morgan fingerprint density at radius 2 is 1.03 bits per heavy atom. The van der Waals surface area contributed by atoms with Gasteiger partial charge < -0.3 is 74.3 Å². The van der Waals surface area contributed by atoms with Gasteiger partial charge in [0.15, 0.2) is 0 Å². The third-order valence-corrected chi connectivity index (χ3v) is 11.6. The molecule has 1 aromatic heterocycles. The van der Waals surface area contributed by atoms with Gasteiger partial charge in [0.2, 0.25) is 47.3 Å². The van der Waals surface area contributed by atoms with Crippen molar-refractivity contribution in [2.45, 2.75) is 181 Å². The highest BCUT2D eigenvalue weighted by atomic mass is 16.4. The topological polar surface area (TPSA) is 425 Å². The Labute approximate surface area is 425 Å². The second-order valence-electron chi connectivity index (χ2n) is 19.5. The zero-order valence-corrected chi connectivity index (χ0v) is 43.4. The van der Waals surface area contributed by atoms with Crippen molar-refractivity contribution in [3.05, 3.63) is 18.2 Å². The van der Waals surface area contributed by atoms with Crippen LogP contribution in [0.2, 0.25) is 0 Å². The summed E-state index contributed by atoms with van der Waals surface area (Å²) in [6.07, 6.45) is 1.78. The van der Waals surface area contributed by atoms with Gasteiger partial charge in [-0.25, -0.2) is 9.78 Å². The highest BCUT2D eigenvalue weighted by Gasteiger charge is 2.37. The maximum atomic E-state index is 14.2. The number of carbonyl (C=O) groups is 11. The van der Waals surface area contributed by atoms with E-state index in [1.54, 1.807) is 55.4 Å². The van der Waals surface area contributed by atoms with E-state index < -0.39 is 151 Å². The van der Waals surface area contributed by atoms with E-state index in [1.165, 1.54) is 19.4 Å². The third kappa shape index (κ3) is 24.1. The number of aliphatic carboxylic acids is 3. The maximum Gasteiger partial charge on any atom is 0.326 e. The Kier molecular flexibility index (Phi) is 28.5. The summed E-state index contributed by atoms with van der Waals surface area (Å²) >= 11 is 0. The van der Waals surface area contributed by atoms with Crippen molar-refractivity contribution in [3.8, 4) is 0 Å². The first-order valence-corrected chi connectivity index (χ1v) is 24.6. The molecule has 26 heteroatoms. The van der Waals surface area contributed by atoms with Crippen molar-refractivity contribution < 1.29 is 68.1 Å². The molecule has 1 heterocycles. The molecule has 0 bridgehead atoms. The summed E-state index contributed by atoms with van der Waals surface area (Å²) in [4.78, 5) is 152. The van der Waals surface area contributed by atoms with Crippen LogP contribution in [0, 0.1) is 23.7 Å². The lowest BCUT2D eigenvalue weighted by molar-refractivity contribution is -0.143. The molecule has 1 rings (SSSR count). The van der Waals surface area contributed by atoms with Crippen LogP contribution in [0.1, 0.15) is 126 Å². The van der Waals surface area contributed by atoms with Crippen LogP contribution in [-0.2, 0) is 59.2 Å². The molecule has 0 unspecified atom stereocenters. The number of unbranched alkanes of at least 4 members (excludes halogenated alkanes) is 1. The number of carbonyl (C=O) groups excluding carboxylic acids is 8. The van der Waals surface area contributed by atoms with E-state index in [2.05, 4.69) is 52.5 Å². The summed E-state index contributed by atoms with van der Waals surface area (Å²) in [7, 11) is 0. The fourth-order valence-corrected chi connectivity index (χ4v) is 7.29.